The van der Waals surface area contributed by atoms with E-state index in [1.54, 1.807) is 24.3 Å². The molecule has 0 spiro atoms. The van der Waals surface area contributed by atoms with Crippen molar-refractivity contribution in [1.82, 2.24) is 10.1 Å². The number of nitrogens with one attached hydrogen (secondary N) is 1. The van der Waals surface area contributed by atoms with Gasteiger partial charge in [0.05, 0.1) is 13.2 Å². The summed E-state index contributed by atoms with van der Waals surface area (Å²) in [7, 11) is 1.50. The van der Waals surface area contributed by atoms with Crippen LogP contribution in [0.2, 0.25) is 0 Å². The second kappa shape index (κ2) is 5.63. The number of H-pyrrole nitrogens is 1. The van der Waals surface area contributed by atoms with E-state index in [2.05, 4.69) is 10.1 Å². The first-order valence-electron chi connectivity index (χ1n) is 6.98. The lowest BCUT2D eigenvalue weighted by Gasteiger charge is -2.05. The molecule has 8 heteroatoms. The highest BCUT2D eigenvalue weighted by molar-refractivity contribution is 5.92. The number of Topliss-reactive ketones (excluding diaryl/α,β-unsaturated/α-hetero) is 1. The largest absolute Gasteiger partial charge is 0.497 e. The Balaban J connectivity index is 2.23. The van der Waals surface area contributed by atoms with E-state index >= 15 is 0 Å². The van der Waals surface area contributed by atoms with Gasteiger partial charge >= 0.3 is 11.8 Å². The average Bonchev–Trinajstić information content (AvgIpc) is 2.97. The SMILES string of the molecule is COc1ccc(-c2cc(C(F)(F)F)[n+]3[nH]c(C(C)=O)cc3n2)cc1. The summed E-state index contributed by atoms with van der Waals surface area (Å²) in [5.41, 5.74) is -0.208. The molecule has 0 saturated heterocycles. The monoisotopic (exact) mass is 336 g/mol. The van der Waals surface area contributed by atoms with E-state index in [9.17, 15) is 18.0 Å². The van der Waals surface area contributed by atoms with Crippen molar-refractivity contribution in [1.29, 1.82) is 0 Å². The Morgan fingerprint density at radius 1 is 1.21 bits per heavy atom. The number of hydrogen-bond acceptors (Lipinski definition) is 3. The van der Waals surface area contributed by atoms with Gasteiger partial charge in [-0.2, -0.15) is 13.2 Å². The molecule has 0 unspecified atom stereocenters. The number of ether oxygens (including phenoxy) is 1. The van der Waals surface area contributed by atoms with Crippen molar-refractivity contribution in [2.75, 3.05) is 7.11 Å². The highest BCUT2D eigenvalue weighted by atomic mass is 19.4. The Bertz CT molecular complexity index is 915. The summed E-state index contributed by atoms with van der Waals surface area (Å²) in [6.45, 7) is 1.27. The number of fused-ring (bicyclic) bond motifs is 1. The molecule has 1 aromatic carbocycles. The Kier molecular flexibility index (Phi) is 3.75. The number of aromatic amines is 1. The fourth-order valence-corrected chi connectivity index (χ4v) is 2.32. The van der Waals surface area contributed by atoms with Crippen molar-refractivity contribution < 1.29 is 27.2 Å². The van der Waals surface area contributed by atoms with Crippen LogP contribution in [0.4, 0.5) is 13.2 Å². The molecule has 1 N–H and O–H groups in total. The molecule has 0 amide bonds. The second-order valence-electron chi connectivity index (χ2n) is 5.17. The molecule has 0 radical (unpaired) electrons. The lowest BCUT2D eigenvalue weighted by atomic mass is 10.1. The molecular formula is C16H13F3N3O2+. The van der Waals surface area contributed by atoms with Crippen molar-refractivity contribution >= 4 is 11.4 Å². The van der Waals surface area contributed by atoms with Gasteiger partial charge in [0.15, 0.2) is 11.5 Å². The van der Waals surface area contributed by atoms with Gasteiger partial charge in [-0.3, -0.25) is 4.79 Å². The molecule has 2 aromatic heterocycles. The van der Waals surface area contributed by atoms with E-state index in [1.165, 1.54) is 20.1 Å². The molecule has 24 heavy (non-hydrogen) atoms. The maximum Gasteiger partial charge on any atom is 0.456 e. The normalized spacial score (nSPS) is 11.7. The van der Waals surface area contributed by atoms with Crippen molar-refractivity contribution in [2.24, 2.45) is 0 Å². The summed E-state index contributed by atoms with van der Waals surface area (Å²) in [6, 6.07) is 8.76. The van der Waals surface area contributed by atoms with E-state index in [4.69, 9.17) is 4.74 Å². The number of aromatic nitrogens is 3. The Hall–Kier alpha value is -2.90. The molecule has 3 rings (SSSR count). The van der Waals surface area contributed by atoms with Crippen molar-refractivity contribution in [3.63, 3.8) is 0 Å². The second-order valence-corrected chi connectivity index (χ2v) is 5.17. The lowest BCUT2D eigenvalue weighted by molar-refractivity contribution is -0.604. The first-order chi connectivity index (χ1) is 11.3. The van der Waals surface area contributed by atoms with Gasteiger partial charge in [0.25, 0.3) is 0 Å². The molecule has 0 saturated carbocycles. The van der Waals surface area contributed by atoms with Crippen LogP contribution in [0.1, 0.15) is 23.1 Å². The molecule has 2 heterocycles. The molecule has 0 aliphatic heterocycles. The minimum Gasteiger partial charge on any atom is -0.497 e. The number of alkyl halides is 3. The number of benzene rings is 1. The van der Waals surface area contributed by atoms with Crippen LogP contribution >= 0.6 is 0 Å². The highest BCUT2D eigenvalue weighted by Gasteiger charge is 2.40. The third-order valence-electron chi connectivity index (χ3n) is 3.54. The van der Waals surface area contributed by atoms with Crippen LogP contribution < -0.4 is 9.25 Å². The van der Waals surface area contributed by atoms with E-state index in [-0.39, 0.29) is 22.8 Å². The third kappa shape index (κ3) is 2.82. The van der Waals surface area contributed by atoms with E-state index in [1.807, 2.05) is 0 Å². The van der Waals surface area contributed by atoms with E-state index in [0.717, 1.165) is 10.6 Å². The summed E-state index contributed by atoms with van der Waals surface area (Å²) in [5.74, 6) is 0.213. The fourth-order valence-electron chi connectivity index (χ4n) is 2.32. The number of carbonyl (C=O) groups excluding carboxylic acids is 1. The number of rotatable bonds is 3. The smallest absolute Gasteiger partial charge is 0.456 e. The third-order valence-corrected chi connectivity index (χ3v) is 3.54. The minimum atomic E-state index is -4.61. The first-order valence-corrected chi connectivity index (χ1v) is 6.98. The summed E-state index contributed by atoms with van der Waals surface area (Å²) in [5, 5.41) is 2.43. The molecule has 124 valence electrons. The van der Waals surface area contributed by atoms with Crippen LogP contribution in [0.15, 0.2) is 36.4 Å². The number of ketones is 1. The van der Waals surface area contributed by atoms with Crippen LogP contribution in [-0.2, 0) is 6.18 Å². The van der Waals surface area contributed by atoms with Crippen LogP contribution in [-0.4, -0.2) is 23.0 Å². The van der Waals surface area contributed by atoms with Crippen LogP contribution in [0.3, 0.4) is 0 Å². The predicted octanol–water partition coefficient (Wildman–Crippen LogP) is 3.05. The standard InChI is InChI=1S/C16H12F3N3O2/c1-9(23)12-8-15-20-13(10-3-5-11(24-2)6-4-10)7-14(16(17,18)19)22(15)21-12/h3-8H,1-2H3/p+1. The van der Waals surface area contributed by atoms with Gasteiger partial charge in [0.1, 0.15) is 11.4 Å². The number of hydrogen-bond donors (Lipinski definition) is 1. The number of methoxy groups -OCH3 is 1. The molecule has 0 atom stereocenters. The van der Waals surface area contributed by atoms with Crippen LogP contribution in [0, 0.1) is 0 Å². The predicted molar refractivity (Wildman–Crippen MR) is 78.7 cm³/mol. The summed E-state index contributed by atoms with van der Waals surface area (Å²) >= 11 is 0. The van der Waals surface area contributed by atoms with Crippen LogP contribution in [0.5, 0.6) is 5.75 Å². The molecule has 0 aliphatic rings. The fraction of sp³-hybridized carbons (Fsp3) is 0.188. The molecule has 0 bridgehead atoms. The van der Waals surface area contributed by atoms with Crippen molar-refractivity contribution in [3.05, 3.63) is 47.8 Å². The van der Waals surface area contributed by atoms with Gasteiger partial charge in [-0.1, -0.05) is 0 Å². The van der Waals surface area contributed by atoms with Crippen molar-refractivity contribution in [2.45, 2.75) is 13.1 Å². The number of nitrogens with zero attached hydrogens (tertiary/aromatic N) is 2. The number of halogens is 3. The van der Waals surface area contributed by atoms with Crippen molar-refractivity contribution in [3.8, 4) is 17.0 Å². The maximum atomic E-state index is 13.4. The maximum absolute atomic E-state index is 13.4. The van der Waals surface area contributed by atoms with Gasteiger partial charge in [0, 0.05) is 18.6 Å². The highest BCUT2D eigenvalue weighted by Crippen LogP contribution is 2.30. The Morgan fingerprint density at radius 3 is 2.42 bits per heavy atom. The average molecular weight is 336 g/mol. The molecule has 0 fully saturated rings. The van der Waals surface area contributed by atoms with E-state index in [0.29, 0.717) is 11.3 Å². The zero-order valence-electron chi connectivity index (χ0n) is 12.8. The van der Waals surface area contributed by atoms with Gasteiger partial charge in [-0.05, 0) is 29.2 Å². The summed E-state index contributed by atoms with van der Waals surface area (Å²) < 4.78 is 45.9. The van der Waals surface area contributed by atoms with Gasteiger partial charge in [-0.15, -0.1) is 4.52 Å². The van der Waals surface area contributed by atoms with Gasteiger partial charge in [-0.25, -0.2) is 5.10 Å². The summed E-state index contributed by atoms with van der Waals surface area (Å²) in [4.78, 5) is 15.7. The Morgan fingerprint density at radius 2 is 1.88 bits per heavy atom. The topological polar surface area (TPSA) is 59.1 Å². The molecular weight excluding hydrogens is 323 g/mol. The molecule has 3 aromatic rings. The molecule has 5 nitrogen and oxygen atoms in total. The Labute approximate surface area is 134 Å². The zero-order valence-corrected chi connectivity index (χ0v) is 12.8. The van der Waals surface area contributed by atoms with Gasteiger partial charge < -0.3 is 4.74 Å². The van der Waals surface area contributed by atoms with Crippen LogP contribution in [0.25, 0.3) is 16.9 Å². The minimum absolute atomic E-state index is 0.0147. The summed E-state index contributed by atoms with van der Waals surface area (Å²) in [6.07, 6.45) is -4.61. The van der Waals surface area contributed by atoms with Gasteiger partial charge in [0.2, 0.25) is 5.69 Å². The number of carbonyl (C=O) groups is 1. The van der Waals surface area contributed by atoms with E-state index < -0.39 is 11.9 Å². The molecule has 0 aliphatic carbocycles. The quantitative estimate of drug-likeness (QED) is 0.591. The zero-order chi connectivity index (χ0) is 17.5. The first kappa shape index (κ1) is 16.0. The lowest BCUT2D eigenvalue weighted by Crippen LogP contribution is -2.35.